The van der Waals surface area contributed by atoms with E-state index in [1.165, 1.54) is 11.1 Å². The first-order chi connectivity index (χ1) is 10.2. The first-order valence-electron chi connectivity index (χ1n) is 7.65. The summed E-state index contributed by atoms with van der Waals surface area (Å²) in [6.45, 7) is 6.27. The van der Waals surface area contributed by atoms with E-state index in [1.807, 2.05) is 12.3 Å². The van der Waals surface area contributed by atoms with Gasteiger partial charge < -0.3 is 10.2 Å². The Morgan fingerprint density at radius 2 is 1.90 bits per heavy atom. The minimum Gasteiger partial charge on any atom is -0.355 e. The third-order valence-electron chi connectivity index (χ3n) is 3.62. The first-order valence-corrected chi connectivity index (χ1v) is 7.65. The summed E-state index contributed by atoms with van der Waals surface area (Å²) in [5, 5.41) is 3.48. The topological polar surface area (TPSA) is 28.2 Å². The van der Waals surface area contributed by atoms with Gasteiger partial charge in [-0.3, -0.25) is 0 Å². The van der Waals surface area contributed by atoms with Crippen LogP contribution in [-0.4, -0.2) is 18.6 Å². The maximum atomic E-state index is 4.59. The highest BCUT2D eigenvalue weighted by atomic mass is 15.2. The Morgan fingerprint density at radius 3 is 2.52 bits per heavy atom. The van der Waals surface area contributed by atoms with Crippen molar-refractivity contribution in [3.63, 3.8) is 0 Å². The minimum absolute atomic E-state index is 0.353. The van der Waals surface area contributed by atoms with Gasteiger partial charge in [0.15, 0.2) is 0 Å². The van der Waals surface area contributed by atoms with E-state index in [1.54, 1.807) is 0 Å². The fourth-order valence-corrected chi connectivity index (χ4v) is 2.30. The van der Waals surface area contributed by atoms with Crippen LogP contribution < -0.4 is 10.2 Å². The van der Waals surface area contributed by atoms with Gasteiger partial charge in [-0.2, -0.15) is 0 Å². The molecule has 0 aliphatic carbocycles. The Kier molecular flexibility index (Phi) is 5.76. The summed E-state index contributed by atoms with van der Waals surface area (Å²) < 4.78 is 0. The predicted molar refractivity (Wildman–Crippen MR) is 89.5 cm³/mol. The monoisotopic (exact) mass is 283 g/mol. The third kappa shape index (κ3) is 4.57. The highest BCUT2D eigenvalue weighted by Crippen LogP contribution is 2.16. The average molecular weight is 283 g/mol. The normalized spacial score (nSPS) is 12.1. The molecule has 1 unspecified atom stereocenters. The number of pyridine rings is 1. The van der Waals surface area contributed by atoms with Crippen molar-refractivity contribution in [1.82, 2.24) is 10.3 Å². The molecule has 21 heavy (non-hydrogen) atoms. The molecule has 1 atom stereocenters. The number of anilines is 1. The molecule has 1 aromatic carbocycles. The van der Waals surface area contributed by atoms with Crippen LogP contribution in [0.4, 0.5) is 5.82 Å². The Balaban J connectivity index is 1.98. The van der Waals surface area contributed by atoms with Crippen LogP contribution in [0.3, 0.4) is 0 Å². The Bertz CT molecular complexity index is 522. The summed E-state index contributed by atoms with van der Waals surface area (Å²) in [5.74, 6) is 1.00. The van der Waals surface area contributed by atoms with Gasteiger partial charge in [0.05, 0.1) is 0 Å². The fraction of sp³-hybridized carbons (Fsp3) is 0.389. The van der Waals surface area contributed by atoms with Crippen molar-refractivity contribution in [2.75, 3.05) is 18.5 Å². The van der Waals surface area contributed by atoms with Crippen molar-refractivity contribution in [2.45, 2.75) is 32.9 Å². The Hall–Kier alpha value is -1.87. The largest absolute Gasteiger partial charge is 0.355 e. The number of aromatic nitrogens is 1. The van der Waals surface area contributed by atoms with Gasteiger partial charge in [0.25, 0.3) is 0 Å². The molecule has 1 N–H and O–H groups in total. The molecule has 3 nitrogen and oxygen atoms in total. The highest BCUT2D eigenvalue weighted by Gasteiger charge is 2.07. The van der Waals surface area contributed by atoms with Crippen LogP contribution in [0.15, 0.2) is 48.7 Å². The number of nitrogens with one attached hydrogen (secondary N) is 1. The second-order valence-electron chi connectivity index (χ2n) is 5.47. The zero-order valence-electron chi connectivity index (χ0n) is 13.2. The third-order valence-corrected chi connectivity index (χ3v) is 3.62. The first kappa shape index (κ1) is 15.5. The van der Waals surface area contributed by atoms with Crippen molar-refractivity contribution in [3.05, 3.63) is 59.8 Å². The van der Waals surface area contributed by atoms with Gasteiger partial charge in [-0.1, -0.05) is 43.3 Å². The van der Waals surface area contributed by atoms with Gasteiger partial charge in [-0.15, -0.1) is 0 Å². The van der Waals surface area contributed by atoms with Gasteiger partial charge in [-0.05, 0) is 37.1 Å². The van der Waals surface area contributed by atoms with Crippen LogP contribution in [0.1, 0.15) is 37.4 Å². The minimum atomic E-state index is 0.353. The highest BCUT2D eigenvalue weighted by molar-refractivity contribution is 5.40. The van der Waals surface area contributed by atoms with Gasteiger partial charge in [0, 0.05) is 25.8 Å². The van der Waals surface area contributed by atoms with Crippen molar-refractivity contribution in [2.24, 2.45) is 0 Å². The summed E-state index contributed by atoms with van der Waals surface area (Å²) >= 11 is 0. The lowest BCUT2D eigenvalue weighted by atomic mass is 10.1. The lowest BCUT2D eigenvalue weighted by molar-refractivity contribution is 0.569. The molecule has 2 rings (SSSR count). The summed E-state index contributed by atoms with van der Waals surface area (Å²) in [4.78, 5) is 6.76. The van der Waals surface area contributed by atoms with E-state index >= 15 is 0 Å². The van der Waals surface area contributed by atoms with E-state index in [4.69, 9.17) is 0 Å². The molecule has 0 aliphatic heterocycles. The van der Waals surface area contributed by atoms with E-state index in [9.17, 15) is 0 Å². The lowest BCUT2D eigenvalue weighted by Crippen LogP contribution is -2.20. The summed E-state index contributed by atoms with van der Waals surface area (Å²) in [7, 11) is 2.08. The Labute approximate surface area is 128 Å². The number of benzene rings is 1. The second kappa shape index (κ2) is 7.79. The molecular formula is C18H25N3. The van der Waals surface area contributed by atoms with E-state index in [0.717, 1.165) is 25.3 Å². The number of rotatable bonds is 7. The molecule has 1 aromatic heterocycles. The molecular weight excluding hydrogens is 258 g/mol. The summed E-state index contributed by atoms with van der Waals surface area (Å²) in [6.07, 6.45) is 3.12. The number of nitrogens with zero attached hydrogens (tertiary/aromatic N) is 2. The van der Waals surface area contributed by atoms with E-state index in [2.05, 4.69) is 72.5 Å². The smallest absolute Gasteiger partial charge is 0.128 e. The van der Waals surface area contributed by atoms with E-state index < -0.39 is 0 Å². The Morgan fingerprint density at radius 1 is 1.14 bits per heavy atom. The van der Waals surface area contributed by atoms with Crippen molar-refractivity contribution < 1.29 is 0 Å². The molecule has 0 aliphatic rings. The van der Waals surface area contributed by atoms with Crippen LogP contribution in [0.5, 0.6) is 0 Å². The molecule has 112 valence electrons. The van der Waals surface area contributed by atoms with Crippen molar-refractivity contribution >= 4 is 5.82 Å². The molecule has 0 spiro atoms. The summed E-state index contributed by atoms with van der Waals surface area (Å²) in [5.41, 5.74) is 2.53. The van der Waals surface area contributed by atoms with Crippen LogP contribution in [0.25, 0.3) is 0 Å². The molecule has 0 saturated heterocycles. The predicted octanol–water partition coefficient (Wildman–Crippen LogP) is 3.78. The molecule has 0 amide bonds. The van der Waals surface area contributed by atoms with Gasteiger partial charge >= 0.3 is 0 Å². The summed E-state index contributed by atoms with van der Waals surface area (Å²) in [6, 6.07) is 15.1. The van der Waals surface area contributed by atoms with Gasteiger partial charge in [-0.25, -0.2) is 4.98 Å². The molecule has 0 radical (unpaired) electrons. The molecule has 3 heteroatoms. The quantitative estimate of drug-likeness (QED) is 0.838. The molecule has 0 bridgehead atoms. The standard InChI is InChI=1S/C18H25N3/c1-4-12-19-15(2)17-10-11-18(20-13-17)21(3)14-16-8-6-5-7-9-16/h5-11,13,15,19H,4,12,14H2,1-3H3. The van der Waals surface area contributed by atoms with Crippen LogP contribution >= 0.6 is 0 Å². The van der Waals surface area contributed by atoms with E-state index in [-0.39, 0.29) is 0 Å². The molecule has 2 aromatic rings. The van der Waals surface area contributed by atoms with Crippen LogP contribution in [0, 0.1) is 0 Å². The second-order valence-corrected chi connectivity index (χ2v) is 5.47. The molecule has 0 fully saturated rings. The average Bonchev–Trinajstić information content (AvgIpc) is 2.53. The van der Waals surface area contributed by atoms with E-state index in [0.29, 0.717) is 6.04 Å². The van der Waals surface area contributed by atoms with Crippen molar-refractivity contribution in [3.8, 4) is 0 Å². The van der Waals surface area contributed by atoms with Gasteiger partial charge in [0.2, 0.25) is 0 Å². The zero-order chi connectivity index (χ0) is 15.1. The maximum Gasteiger partial charge on any atom is 0.128 e. The van der Waals surface area contributed by atoms with Gasteiger partial charge in [0.1, 0.15) is 5.82 Å². The fourth-order valence-electron chi connectivity index (χ4n) is 2.30. The SMILES string of the molecule is CCCNC(C)c1ccc(N(C)Cc2ccccc2)nc1. The molecule has 1 heterocycles. The molecule has 0 saturated carbocycles. The maximum absolute atomic E-state index is 4.59. The lowest BCUT2D eigenvalue weighted by Gasteiger charge is -2.19. The van der Waals surface area contributed by atoms with Crippen LogP contribution in [0.2, 0.25) is 0 Å². The van der Waals surface area contributed by atoms with Crippen molar-refractivity contribution in [1.29, 1.82) is 0 Å². The van der Waals surface area contributed by atoms with Crippen LogP contribution in [-0.2, 0) is 6.54 Å². The number of hydrogen-bond donors (Lipinski definition) is 1. The number of hydrogen-bond acceptors (Lipinski definition) is 3. The zero-order valence-corrected chi connectivity index (χ0v) is 13.2.